The van der Waals surface area contributed by atoms with E-state index >= 15 is 0 Å². The largest absolute Gasteiger partial charge is 0.341 e. The number of likely N-dealkylation sites (N-methyl/N-ethyl adjacent to an activating group) is 1. The van der Waals surface area contributed by atoms with E-state index in [1.165, 1.54) is 12.1 Å². The van der Waals surface area contributed by atoms with Gasteiger partial charge in [-0.1, -0.05) is 28.1 Å². The van der Waals surface area contributed by atoms with Crippen molar-refractivity contribution >= 4 is 21.8 Å². The monoisotopic (exact) mass is 429 g/mol. The summed E-state index contributed by atoms with van der Waals surface area (Å²) in [5, 5.41) is 4.53. The van der Waals surface area contributed by atoms with Gasteiger partial charge < -0.3 is 4.90 Å². The van der Waals surface area contributed by atoms with Crippen molar-refractivity contribution in [3.8, 4) is 5.69 Å². The standard InChI is InChI=1S/C21H21BrFN3O/c1-14-20(15(2)26(24-14)19-10-8-18(23)9-11-19)12-21(27)25(3)13-16-4-6-17(22)7-5-16/h4-11H,12-13H2,1-3H3. The highest BCUT2D eigenvalue weighted by molar-refractivity contribution is 9.10. The van der Waals surface area contributed by atoms with Crippen LogP contribution in [0.4, 0.5) is 4.39 Å². The van der Waals surface area contributed by atoms with Crippen LogP contribution in [0.2, 0.25) is 0 Å². The number of hydrogen-bond acceptors (Lipinski definition) is 2. The third-order valence-corrected chi connectivity index (χ3v) is 5.13. The van der Waals surface area contributed by atoms with Crippen LogP contribution in [-0.2, 0) is 17.8 Å². The average molecular weight is 430 g/mol. The summed E-state index contributed by atoms with van der Waals surface area (Å²) in [4.78, 5) is 14.4. The Morgan fingerprint density at radius 2 is 1.74 bits per heavy atom. The smallest absolute Gasteiger partial charge is 0.227 e. The number of carbonyl (C=O) groups is 1. The van der Waals surface area contributed by atoms with Gasteiger partial charge in [-0.15, -0.1) is 0 Å². The van der Waals surface area contributed by atoms with Gasteiger partial charge in [-0.2, -0.15) is 5.10 Å². The molecule has 6 heteroatoms. The zero-order chi connectivity index (χ0) is 19.6. The molecular formula is C21H21BrFN3O. The molecule has 0 unspecified atom stereocenters. The zero-order valence-corrected chi connectivity index (χ0v) is 17.1. The summed E-state index contributed by atoms with van der Waals surface area (Å²) in [6, 6.07) is 14.1. The van der Waals surface area contributed by atoms with E-state index in [0.29, 0.717) is 6.54 Å². The summed E-state index contributed by atoms with van der Waals surface area (Å²) in [5.74, 6) is -0.256. The Kier molecular flexibility index (Phi) is 5.75. The van der Waals surface area contributed by atoms with Crippen LogP contribution in [0.15, 0.2) is 53.0 Å². The molecule has 0 fully saturated rings. The fourth-order valence-corrected chi connectivity index (χ4v) is 3.27. The zero-order valence-electron chi connectivity index (χ0n) is 15.5. The number of amides is 1. The number of benzene rings is 2. The molecule has 140 valence electrons. The molecule has 0 atom stereocenters. The van der Waals surface area contributed by atoms with Gasteiger partial charge in [0.2, 0.25) is 5.91 Å². The molecule has 0 N–H and O–H groups in total. The summed E-state index contributed by atoms with van der Waals surface area (Å²) in [6.45, 7) is 4.38. The van der Waals surface area contributed by atoms with Gasteiger partial charge in [-0.05, 0) is 55.8 Å². The van der Waals surface area contributed by atoms with Crippen molar-refractivity contribution in [1.82, 2.24) is 14.7 Å². The molecule has 0 radical (unpaired) electrons. The third-order valence-electron chi connectivity index (χ3n) is 4.60. The molecule has 0 aliphatic carbocycles. The molecule has 2 aromatic carbocycles. The highest BCUT2D eigenvalue weighted by atomic mass is 79.9. The van der Waals surface area contributed by atoms with Crippen LogP contribution in [0.25, 0.3) is 5.69 Å². The number of aryl methyl sites for hydroxylation is 1. The molecule has 3 aromatic rings. The van der Waals surface area contributed by atoms with Crippen molar-refractivity contribution in [2.45, 2.75) is 26.8 Å². The number of aromatic nitrogens is 2. The minimum atomic E-state index is -0.287. The van der Waals surface area contributed by atoms with Gasteiger partial charge in [0.1, 0.15) is 5.82 Å². The van der Waals surface area contributed by atoms with E-state index in [4.69, 9.17) is 0 Å². The van der Waals surface area contributed by atoms with Crippen LogP contribution in [-0.4, -0.2) is 27.6 Å². The maximum Gasteiger partial charge on any atom is 0.227 e. The van der Waals surface area contributed by atoms with E-state index in [1.807, 2.05) is 38.1 Å². The normalized spacial score (nSPS) is 10.9. The fourth-order valence-electron chi connectivity index (χ4n) is 3.00. The number of carbonyl (C=O) groups excluding carboxylic acids is 1. The van der Waals surface area contributed by atoms with E-state index in [1.54, 1.807) is 28.8 Å². The molecule has 1 heterocycles. The Morgan fingerprint density at radius 1 is 1.11 bits per heavy atom. The van der Waals surface area contributed by atoms with Crippen molar-refractivity contribution in [2.24, 2.45) is 0 Å². The van der Waals surface area contributed by atoms with E-state index in [9.17, 15) is 9.18 Å². The highest BCUT2D eigenvalue weighted by Gasteiger charge is 2.18. The van der Waals surface area contributed by atoms with E-state index in [-0.39, 0.29) is 18.1 Å². The fraction of sp³-hybridized carbons (Fsp3) is 0.238. The maximum absolute atomic E-state index is 13.2. The molecule has 0 saturated heterocycles. The summed E-state index contributed by atoms with van der Waals surface area (Å²) in [6.07, 6.45) is 0.284. The Morgan fingerprint density at radius 3 is 2.37 bits per heavy atom. The summed E-state index contributed by atoms with van der Waals surface area (Å²) < 4.78 is 15.9. The van der Waals surface area contributed by atoms with Crippen molar-refractivity contribution in [3.05, 3.63) is 81.3 Å². The van der Waals surface area contributed by atoms with Gasteiger partial charge >= 0.3 is 0 Å². The lowest BCUT2D eigenvalue weighted by Gasteiger charge is -2.17. The predicted molar refractivity (Wildman–Crippen MR) is 107 cm³/mol. The van der Waals surface area contributed by atoms with Crippen LogP contribution < -0.4 is 0 Å². The Balaban J connectivity index is 1.75. The molecule has 0 aliphatic rings. The minimum Gasteiger partial charge on any atom is -0.341 e. The average Bonchev–Trinajstić information content (AvgIpc) is 2.92. The van der Waals surface area contributed by atoms with E-state index in [0.717, 1.165) is 32.7 Å². The lowest BCUT2D eigenvalue weighted by Crippen LogP contribution is -2.28. The van der Waals surface area contributed by atoms with Gasteiger partial charge in [-0.3, -0.25) is 4.79 Å². The molecule has 1 aromatic heterocycles. The first kappa shape index (κ1) is 19.3. The highest BCUT2D eigenvalue weighted by Crippen LogP contribution is 2.20. The van der Waals surface area contributed by atoms with Gasteiger partial charge in [0.25, 0.3) is 0 Å². The van der Waals surface area contributed by atoms with Crippen molar-refractivity contribution in [3.63, 3.8) is 0 Å². The molecule has 3 rings (SSSR count). The van der Waals surface area contributed by atoms with Gasteiger partial charge in [0, 0.05) is 29.3 Å². The minimum absolute atomic E-state index is 0.0303. The lowest BCUT2D eigenvalue weighted by molar-refractivity contribution is -0.129. The molecule has 4 nitrogen and oxygen atoms in total. The summed E-state index contributed by atoms with van der Waals surface area (Å²) >= 11 is 3.42. The van der Waals surface area contributed by atoms with Crippen LogP contribution >= 0.6 is 15.9 Å². The van der Waals surface area contributed by atoms with E-state index < -0.39 is 0 Å². The Labute approximate surface area is 166 Å². The van der Waals surface area contributed by atoms with Crippen LogP contribution in [0.5, 0.6) is 0 Å². The van der Waals surface area contributed by atoms with E-state index in [2.05, 4.69) is 21.0 Å². The second-order valence-electron chi connectivity index (χ2n) is 6.59. The van der Waals surface area contributed by atoms with Gasteiger partial charge in [0.05, 0.1) is 17.8 Å². The molecule has 0 bridgehead atoms. The number of nitrogens with zero attached hydrogens (tertiary/aromatic N) is 3. The maximum atomic E-state index is 13.2. The number of rotatable bonds is 5. The molecule has 27 heavy (non-hydrogen) atoms. The second-order valence-corrected chi connectivity index (χ2v) is 7.51. The second kappa shape index (κ2) is 8.05. The van der Waals surface area contributed by atoms with Crippen molar-refractivity contribution in [1.29, 1.82) is 0 Å². The van der Waals surface area contributed by atoms with Gasteiger partial charge in [0.15, 0.2) is 0 Å². The van der Waals surface area contributed by atoms with Crippen LogP contribution in [0.3, 0.4) is 0 Å². The predicted octanol–water partition coefficient (Wildman–Crippen LogP) is 4.59. The third kappa shape index (κ3) is 4.45. The summed E-state index contributed by atoms with van der Waals surface area (Å²) in [5.41, 5.74) is 4.46. The molecule has 0 spiro atoms. The first-order chi connectivity index (χ1) is 12.8. The first-order valence-electron chi connectivity index (χ1n) is 8.64. The Bertz CT molecular complexity index is 949. The molecule has 0 aliphatic heterocycles. The number of hydrogen-bond donors (Lipinski definition) is 0. The Hall–Kier alpha value is -2.47. The lowest BCUT2D eigenvalue weighted by atomic mass is 10.1. The van der Waals surface area contributed by atoms with Crippen molar-refractivity contribution < 1.29 is 9.18 Å². The van der Waals surface area contributed by atoms with Crippen molar-refractivity contribution in [2.75, 3.05) is 7.05 Å². The molecular weight excluding hydrogens is 409 g/mol. The molecule has 0 saturated carbocycles. The van der Waals surface area contributed by atoms with Gasteiger partial charge in [-0.25, -0.2) is 9.07 Å². The van der Waals surface area contributed by atoms with Crippen LogP contribution in [0, 0.1) is 19.7 Å². The quantitative estimate of drug-likeness (QED) is 0.594. The summed E-state index contributed by atoms with van der Waals surface area (Å²) in [7, 11) is 1.81. The SMILES string of the molecule is Cc1nn(-c2ccc(F)cc2)c(C)c1CC(=O)N(C)Cc1ccc(Br)cc1. The first-order valence-corrected chi connectivity index (χ1v) is 9.44. The topological polar surface area (TPSA) is 38.1 Å². The molecule has 1 amide bonds. The number of halogens is 2. The van der Waals surface area contributed by atoms with Crippen LogP contribution in [0.1, 0.15) is 22.5 Å².